The topological polar surface area (TPSA) is 0 Å². The van der Waals surface area contributed by atoms with Gasteiger partial charge in [-0.25, -0.2) is 0 Å². The maximum absolute atomic E-state index is 3.53. The van der Waals surface area contributed by atoms with Gasteiger partial charge < -0.3 is 0 Å². The molecule has 0 nitrogen and oxygen atoms in total. The van der Waals surface area contributed by atoms with Crippen LogP contribution in [0, 0.1) is 0 Å². The van der Waals surface area contributed by atoms with Gasteiger partial charge in [0, 0.05) is 8.95 Å². The van der Waals surface area contributed by atoms with Crippen molar-refractivity contribution in [2.24, 2.45) is 0 Å². The number of hydrogen-bond donors (Lipinski definition) is 0. The lowest BCUT2D eigenvalue weighted by molar-refractivity contribution is 0.607. The van der Waals surface area contributed by atoms with E-state index in [1.165, 1.54) is 59.5 Å². The van der Waals surface area contributed by atoms with Gasteiger partial charge in [0.15, 0.2) is 0 Å². The molecule has 0 aromatic heterocycles. The van der Waals surface area contributed by atoms with Gasteiger partial charge in [-0.15, -0.1) is 0 Å². The van der Waals surface area contributed by atoms with Gasteiger partial charge in [0.1, 0.15) is 0 Å². The molecule has 0 spiro atoms. The molecule has 1 aromatic carbocycles. The smallest absolute Gasteiger partial charge is 0.0189 e. The highest BCUT2D eigenvalue weighted by Gasteiger charge is 1.98. The molecule has 1 rings (SSSR count). The van der Waals surface area contributed by atoms with Gasteiger partial charge in [0.25, 0.3) is 0 Å². The van der Waals surface area contributed by atoms with Crippen LogP contribution in [-0.4, -0.2) is 0 Å². The molecule has 0 aliphatic carbocycles. The number of unbranched alkanes of at least 4 members (excludes halogenated alkanes) is 5. The minimum absolute atomic E-state index is 1.17. The van der Waals surface area contributed by atoms with E-state index in [2.05, 4.69) is 57.0 Å². The summed E-state index contributed by atoms with van der Waals surface area (Å²) in [5.74, 6) is 0. The fraction of sp³-hybridized carbons (Fsp3) is 0.571. The molecule has 0 heterocycles. The highest BCUT2D eigenvalue weighted by molar-refractivity contribution is 9.11. The summed E-state index contributed by atoms with van der Waals surface area (Å²) in [5.41, 5.74) is 1.43. The third kappa shape index (κ3) is 6.05. The number of halogens is 2. The van der Waals surface area contributed by atoms with Crippen LogP contribution in [0.5, 0.6) is 0 Å². The minimum atomic E-state index is 1.17. The first kappa shape index (κ1) is 14.2. The third-order valence-corrected chi connectivity index (χ3v) is 3.66. The van der Waals surface area contributed by atoms with E-state index < -0.39 is 0 Å². The highest BCUT2D eigenvalue weighted by Crippen LogP contribution is 2.21. The number of aryl methyl sites for hydroxylation is 1. The second kappa shape index (κ2) is 8.30. The Balaban J connectivity index is 2.21. The van der Waals surface area contributed by atoms with Crippen LogP contribution in [0.3, 0.4) is 0 Å². The Morgan fingerprint density at radius 2 is 1.38 bits per heavy atom. The fourth-order valence-electron chi connectivity index (χ4n) is 1.86. The monoisotopic (exact) mass is 346 g/mol. The fourth-order valence-corrected chi connectivity index (χ4v) is 3.25. The zero-order chi connectivity index (χ0) is 11.8. The van der Waals surface area contributed by atoms with Crippen molar-refractivity contribution >= 4 is 31.9 Å². The highest BCUT2D eigenvalue weighted by atomic mass is 79.9. The number of hydrogen-bond acceptors (Lipinski definition) is 0. The van der Waals surface area contributed by atoms with Crippen molar-refractivity contribution in [1.29, 1.82) is 0 Å². The largest absolute Gasteiger partial charge is 0.0654 e. The van der Waals surface area contributed by atoms with Crippen LogP contribution < -0.4 is 0 Å². The lowest BCUT2D eigenvalue weighted by Crippen LogP contribution is -1.87. The first-order valence-electron chi connectivity index (χ1n) is 6.17. The van der Waals surface area contributed by atoms with Crippen LogP contribution in [0.25, 0.3) is 0 Å². The maximum atomic E-state index is 3.53. The van der Waals surface area contributed by atoms with Crippen LogP contribution >= 0.6 is 31.9 Å². The van der Waals surface area contributed by atoms with Crippen molar-refractivity contribution < 1.29 is 0 Å². The lowest BCUT2D eigenvalue weighted by Gasteiger charge is -2.03. The first-order chi connectivity index (χ1) is 7.72. The summed E-state index contributed by atoms with van der Waals surface area (Å²) < 4.78 is 2.34. The van der Waals surface area contributed by atoms with Crippen molar-refractivity contribution in [2.75, 3.05) is 0 Å². The molecule has 90 valence electrons. The van der Waals surface area contributed by atoms with Crippen LogP contribution in [0.1, 0.15) is 51.0 Å². The van der Waals surface area contributed by atoms with Gasteiger partial charge in [0.05, 0.1) is 0 Å². The standard InChI is InChI=1S/C14H20Br2/c1-2-3-4-5-6-7-8-12-9-13(15)11-14(16)10-12/h9-11H,2-8H2,1H3. The van der Waals surface area contributed by atoms with Gasteiger partial charge in [-0.3, -0.25) is 0 Å². The predicted octanol–water partition coefficient (Wildman–Crippen LogP) is 6.11. The average molecular weight is 348 g/mol. The summed E-state index contributed by atoms with van der Waals surface area (Å²) >= 11 is 7.05. The van der Waals surface area contributed by atoms with E-state index in [1.54, 1.807) is 0 Å². The second-order valence-corrected chi connectivity index (χ2v) is 6.13. The van der Waals surface area contributed by atoms with Crippen molar-refractivity contribution in [2.45, 2.75) is 51.9 Å². The summed E-state index contributed by atoms with van der Waals surface area (Å²) in [7, 11) is 0. The Morgan fingerprint density at radius 3 is 2.00 bits per heavy atom. The summed E-state index contributed by atoms with van der Waals surface area (Å²) in [4.78, 5) is 0. The van der Waals surface area contributed by atoms with Crippen molar-refractivity contribution in [3.8, 4) is 0 Å². The molecule has 0 amide bonds. The molecule has 0 saturated heterocycles. The van der Waals surface area contributed by atoms with E-state index in [4.69, 9.17) is 0 Å². The summed E-state index contributed by atoms with van der Waals surface area (Å²) in [6.45, 7) is 2.26. The Kier molecular flexibility index (Phi) is 7.39. The van der Waals surface area contributed by atoms with Gasteiger partial charge in [-0.2, -0.15) is 0 Å². The Bertz CT molecular complexity index is 287. The second-order valence-electron chi connectivity index (χ2n) is 4.30. The molecule has 2 heteroatoms. The molecule has 0 bridgehead atoms. The molecule has 0 aliphatic rings. The molecule has 0 N–H and O–H groups in total. The van der Waals surface area contributed by atoms with E-state index in [-0.39, 0.29) is 0 Å². The maximum Gasteiger partial charge on any atom is 0.0189 e. The molecule has 0 fully saturated rings. The number of benzene rings is 1. The van der Waals surface area contributed by atoms with Crippen LogP contribution in [0.15, 0.2) is 27.1 Å². The Morgan fingerprint density at radius 1 is 0.812 bits per heavy atom. The molecular formula is C14H20Br2. The van der Waals surface area contributed by atoms with E-state index >= 15 is 0 Å². The zero-order valence-corrected chi connectivity index (χ0v) is 13.1. The van der Waals surface area contributed by atoms with Gasteiger partial charge in [-0.05, 0) is 36.6 Å². The summed E-state index contributed by atoms with van der Waals surface area (Å²) in [6.07, 6.45) is 9.39. The van der Waals surface area contributed by atoms with E-state index in [0.29, 0.717) is 0 Å². The van der Waals surface area contributed by atoms with Crippen molar-refractivity contribution in [1.82, 2.24) is 0 Å². The Hall–Kier alpha value is 0.180. The van der Waals surface area contributed by atoms with Crippen LogP contribution in [0.2, 0.25) is 0 Å². The van der Waals surface area contributed by atoms with Crippen LogP contribution in [0.4, 0.5) is 0 Å². The summed E-state index contributed by atoms with van der Waals surface area (Å²) in [6, 6.07) is 6.53. The van der Waals surface area contributed by atoms with Crippen molar-refractivity contribution in [3.05, 3.63) is 32.7 Å². The molecule has 0 radical (unpaired) electrons. The molecular weight excluding hydrogens is 328 g/mol. The predicted molar refractivity (Wildman–Crippen MR) is 78.9 cm³/mol. The molecule has 0 atom stereocenters. The third-order valence-electron chi connectivity index (χ3n) is 2.74. The molecule has 1 aromatic rings. The first-order valence-corrected chi connectivity index (χ1v) is 7.76. The van der Waals surface area contributed by atoms with E-state index in [9.17, 15) is 0 Å². The van der Waals surface area contributed by atoms with Gasteiger partial charge in [0.2, 0.25) is 0 Å². The summed E-state index contributed by atoms with van der Waals surface area (Å²) in [5, 5.41) is 0. The SMILES string of the molecule is CCCCCCCCc1cc(Br)cc(Br)c1. The average Bonchev–Trinajstić information content (AvgIpc) is 2.22. The molecule has 0 aliphatic heterocycles. The quantitative estimate of drug-likeness (QED) is 0.521. The normalized spacial score (nSPS) is 10.7. The molecule has 16 heavy (non-hydrogen) atoms. The van der Waals surface area contributed by atoms with Gasteiger partial charge >= 0.3 is 0 Å². The zero-order valence-electron chi connectivity index (χ0n) is 9.94. The minimum Gasteiger partial charge on any atom is -0.0654 e. The molecule has 0 saturated carbocycles. The molecule has 0 unspecified atom stereocenters. The van der Waals surface area contributed by atoms with E-state index in [0.717, 1.165) is 0 Å². The lowest BCUT2D eigenvalue weighted by atomic mass is 10.1. The van der Waals surface area contributed by atoms with Gasteiger partial charge in [-0.1, -0.05) is 70.9 Å². The number of rotatable bonds is 7. The van der Waals surface area contributed by atoms with Crippen LogP contribution in [-0.2, 0) is 6.42 Å². The van der Waals surface area contributed by atoms with E-state index in [1.807, 2.05) is 0 Å². The Labute approximate surface area is 116 Å². The van der Waals surface area contributed by atoms with Crippen molar-refractivity contribution in [3.63, 3.8) is 0 Å².